The van der Waals surface area contributed by atoms with Crippen LogP contribution in [0.2, 0.25) is 0 Å². The van der Waals surface area contributed by atoms with Gasteiger partial charge in [-0.25, -0.2) is 4.98 Å². The van der Waals surface area contributed by atoms with Crippen LogP contribution in [0.15, 0.2) is 35.8 Å². The lowest BCUT2D eigenvalue weighted by Gasteiger charge is -2.06. The van der Waals surface area contributed by atoms with Gasteiger partial charge in [-0.1, -0.05) is 24.4 Å². The summed E-state index contributed by atoms with van der Waals surface area (Å²) in [5.41, 5.74) is 0.595. The standard InChI is InChI=1S/C10H8N2OS2/c13-8-4-2-1-3-7(8)12-9(14)10-11-5-6-15-10/h1-6,13H,(H,12,14). The van der Waals surface area contributed by atoms with E-state index in [9.17, 15) is 5.11 Å². The van der Waals surface area contributed by atoms with Gasteiger partial charge in [-0.15, -0.1) is 11.3 Å². The van der Waals surface area contributed by atoms with Crippen LogP contribution >= 0.6 is 23.6 Å². The molecule has 2 aromatic rings. The molecule has 0 aliphatic carbocycles. The quantitative estimate of drug-likeness (QED) is 0.621. The molecule has 0 atom stereocenters. The van der Waals surface area contributed by atoms with Gasteiger partial charge in [-0.2, -0.15) is 0 Å². The Kier molecular flexibility index (Phi) is 2.94. The highest BCUT2D eigenvalue weighted by Crippen LogP contribution is 2.22. The van der Waals surface area contributed by atoms with Gasteiger partial charge in [0.2, 0.25) is 0 Å². The van der Waals surface area contributed by atoms with Gasteiger partial charge < -0.3 is 10.4 Å². The SMILES string of the molecule is Oc1ccccc1NC(=S)c1nccs1. The second-order valence-corrected chi connectivity index (χ2v) is 4.11. The van der Waals surface area contributed by atoms with Crippen LogP contribution in [0.4, 0.5) is 5.69 Å². The summed E-state index contributed by atoms with van der Waals surface area (Å²) in [6, 6.07) is 6.95. The molecule has 0 saturated heterocycles. The van der Waals surface area contributed by atoms with Gasteiger partial charge in [-0.05, 0) is 12.1 Å². The van der Waals surface area contributed by atoms with E-state index in [-0.39, 0.29) is 5.75 Å². The molecular formula is C10H8N2OS2. The minimum absolute atomic E-state index is 0.177. The third-order valence-corrected chi connectivity index (χ3v) is 2.99. The van der Waals surface area contributed by atoms with Crippen molar-refractivity contribution in [1.82, 2.24) is 4.98 Å². The summed E-state index contributed by atoms with van der Waals surface area (Å²) in [5.74, 6) is 0.177. The number of benzene rings is 1. The van der Waals surface area contributed by atoms with Crippen molar-refractivity contribution in [3.05, 3.63) is 40.8 Å². The van der Waals surface area contributed by atoms with E-state index >= 15 is 0 Å². The molecule has 1 heterocycles. The first-order valence-electron chi connectivity index (χ1n) is 4.26. The molecule has 0 aliphatic rings. The second kappa shape index (κ2) is 4.37. The summed E-state index contributed by atoms with van der Waals surface area (Å²) in [5, 5.41) is 15.1. The molecule has 0 saturated carbocycles. The number of thiazole rings is 1. The fourth-order valence-electron chi connectivity index (χ4n) is 1.09. The lowest BCUT2D eigenvalue weighted by Crippen LogP contribution is -2.09. The first-order valence-corrected chi connectivity index (χ1v) is 5.55. The van der Waals surface area contributed by atoms with Crippen molar-refractivity contribution in [3.63, 3.8) is 0 Å². The minimum atomic E-state index is 0.177. The number of aromatic hydroxyl groups is 1. The average Bonchev–Trinajstić information content (AvgIpc) is 2.74. The van der Waals surface area contributed by atoms with Crippen molar-refractivity contribution >= 4 is 34.2 Å². The number of aromatic nitrogens is 1. The first kappa shape index (κ1) is 10.1. The molecule has 0 unspecified atom stereocenters. The molecule has 0 amide bonds. The Balaban J connectivity index is 2.17. The van der Waals surface area contributed by atoms with Crippen molar-refractivity contribution in [1.29, 1.82) is 0 Å². The molecular weight excluding hydrogens is 228 g/mol. The Labute approximate surface area is 96.4 Å². The average molecular weight is 236 g/mol. The van der Waals surface area contributed by atoms with Gasteiger partial charge in [0.05, 0.1) is 5.69 Å². The zero-order chi connectivity index (χ0) is 10.7. The lowest BCUT2D eigenvalue weighted by atomic mass is 10.3. The number of nitrogens with zero attached hydrogens (tertiary/aromatic N) is 1. The van der Waals surface area contributed by atoms with Crippen LogP contribution in [0.25, 0.3) is 0 Å². The van der Waals surface area contributed by atoms with Gasteiger partial charge in [0.1, 0.15) is 10.7 Å². The molecule has 15 heavy (non-hydrogen) atoms. The number of nitrogens with one attached hydrogen (secondary N) is 1. The molecule has 2 rings (SSSR count). The van der Waals surface area contributed by atoms with Crippen molar-refractivity contribution in [2.24, 2.45) is 0 Å². The molecule has 1 aromatic heterocycles. The van der Waals surface area contributed by atoms with Gasteiger partial charge in [0.15, 0.2) is 5.01 Å². The van der Waals surface area contributed by atoms with E-state index in [4.69, 9.17) is 12.2 Å². The Morgan fingerprint density at radius 1 is 1.40 bits per heavy atom. The molecule has 3 nitrogen and oxygen atoms in total. The van der Waals surface area contributed by atoms with Gasteiger partial charge in [-0.3, -0.25) is 0 Å². The van der Waals surface area contributed by atoms with E-state index in [2.05, 4.69) is 10.3 Å². The van der Waals surface area contributed by atoms with E-state index in [1.165, 1.54) is 11.3 Å². The molecule has 0 bridgehead atoms. The third kappa shape index (κ3) is 2.31. The zero-order valence-electron chi connectivity index (χ0n) is 7.68. The van der Waals surface area contributed by atoms with Crippen LogP contribution in [0.1, 0.15) is 5.01 Å². The van der Waals surface area contributed by atoms with Crippen LogP contribution in [-0.4, -0.2) is 15.1 Å². The van der Waals surface area contributed by atoms with E-state index in [0.717, 1.165) is 5.01 Å². The number of phenols is 1. The minimum Gasteiger partial charge on any atom is -0.506 e. The summed E-state index contributed by atoms with van der Waals surface area (Å²) in [6.07, 6.45) is 1.69. The van der Waals surface area contributed by atoms with Gasteiger partial charge in [0.25, 0.3) is 0 Å². The maximum absolute atomic E-state index is 9.52. The monoisotopic (exact) mass is 236 g/mol. The van der Waals surface area contributed by atoms with Gasteiger partial charge in [0, 0.05) is 11.6 Å². The number of rotatable bonds is 2. The molecule has 0 spiro atoms. The van der Waals surface area contributed by atoms with Crippen LogP contribution in [0.3, 0.4) is 0 Å². The van der Waals surface area contributed by atoms with E-state index < -0.39 is 0 Å². The molecule has 1 aromatic carbocycles. The molecule has 0 radical (unpaired) electrons. The van der Waals surface area contributed by atoms with Crippen molar-refractivity contribution in [2.75, 3.05) is 5.32 Å². The molecule has 5 heteroatoms. The summed E-state index contributed by atoms with van der Waals surface area (Å²) in [4.78, 5) is 4.60. The van der Waals surface area contributed by atoms with E-state index in [0.29, 0.717) is 10.7 Å². The van der Waals surface area contributed by atoms with Crippen molar-refractivity contribution in [3.8, 4) is 5.75 Å². The highest BCUT2D eigenvalue weighted by molar-refractivity contribution is 7.81. The maximum Gasteiger partial charge on any atom is 0.150 e. The third-order valence-electron chi connectivity index (χ3n) is 1.78. The topological polar surface area (TPSA) is 45.1 Å². The first-order chi connectivity index (χ1) is 7.27. The number of hydrogen-bond donors (Lipinski definition) is 2. The Morgan fingerprint density at radius 2 is 2.20 bits per heavy atom. The number of thiocarbonyl (C=S) groups is 1. The van der Waals surface area contributed by atoms with Crippen molar-refractivity contribution < 1.29 is 5.11 Å². The number of para-hydroxylation sites is 2. The van der Waals surface area contributed by atoms with E-state index in [1.54, 1.807) is 24.4 Å². The Hall–Kier alpha value is -1.46. The number of anilines is 1. The molecule has 2 N–H and O–H groups in total. The largest absolute Gasteiger partial charge is 0.506 e. The lowest BCUT2D eigenvalue weighted by molar-refractivity contribution is 0.478. The predicted octanol–water partition coefficient (Wildman–Crippen LogP) is 2.64. The fraction of sp³-hybridized carbons (Fsp3) is 0. The Morgan fingerprint density at radius 3 is 2.87 bits per heavy atom. The second-order valence-electron chi connectivity index (χ2n) is 2.81. The fourth-order valence-corrected chi connectivity index (χ4v) is 1.93. The number of hydrogen-bond acceptors (Lipinski definition) is 4. The van der Waals surface area contributed by atoms with Crippen LogP contribution in [0.5, 0.6) is 5.75 Å². The molecule has 76 valence electrons. The highest BCUT2D eigenvalue weighted by atomic mass is 32.1. The smallest absolute Gasteiger partial charge is 0.150 e. The van der Waals surface area contributed by atoms with E-state index in [1.807, 2.05) is 11.4 Å². The van der Waals surface area contributed by atoms with Gasteiger partial charge >= 0.3 is 0 Å². The maximum atomic E-state index is 9.52. The molecule has 0 fully saturated rings. The summed E-state index contributed by atoms with van der Waals surface area (Å²) < 4.78 is 0. The van der Waals surface area contributed by atoms with Crippen LogP contribution in [-0.2, 0) is 0 Å². The predicted molar refractivity (Wildman–Crippen MR) is 65.5 cm³/mol. The summed E-state index contributed by atoms with van der Waals surface area (Å²) in [7, 11) is 0. The normalized spacial score (nSPS) is 9.87. The zero-order valence-corrected chi connectivity index (χ0v) is 9.31. The van der Waals surface area contributed by atoms with Crippen LogP contribution in [0, 0.1) is 0 Å². The summed E-state index contributed by atoms with van der Waals surface area (Å²) in [6.45, 7) is 0. The summed E-state index contributed by atoms with van der Waals surface area (Å²) >= 11 is 6.60. The number of phenolic OH excluding ortho intramolecular Hbond substituents is 1. The molecule has 0 aliphatic heterocycles. The highest BCUT2D eigenvalue weighted by Gasteiger charge is 2.06. The van der Waals surface area contributed by atoms with Crippen molar-refractivity contribution in [2.45, 2.75) is 0 Å². The van der Waals surface area contributed by atoms with Crippen LogP contribution < -0.4 is 5.32 Å². The Bertz CT molecular complexity index is 468.